The summed E-state index contributed by atoms with van der Waals surface area (Å²) in [7, 11) is 0. The summed E-state index contributed by atoms with van der Waals surface area (Å²) in [6.07, 6.45) is 6.23. The first-order valence-corrected chi connectivity index (χ1v) is 13.0. The fourth-order valence-corrected chi connectivity index (χ4v) is 4.43. The number of aliphatic imine (C=N–C) groups is 1. The fraction of sp³-hybridized carbons (Fsp3) is 0.355. The highest BCUT2D eigenvalue weighted by Gasteiger charge is 2.19. The van der Waals surface area contributed by atoms with Crippen LogP contribution in [0.2, 0.25) is 0 Å². The van der Waals surface area contributed by atoms with Crippen molar-refractivity contribution in [3.05, 3.63) is 83.3 Å². The molecule has 6 nitrogen and oxygen atoms in total. The number of ether oxygens (including phenoxy) is 1. The summed E-state index contributed by atoms with van der Waals surface area (Å²) in [5.41, 5.74) is 19.0. The number of nitrogens with two attached hydrogens (primary N) is 2. The lowest BCUT2D eigenvalue weighted by atomic mass is 9.98. The molecule has 0 radical (unpaired) electrons. The topological polar surface area (TPSA) is 93.9 Å². The van der Waals surface area contributed by atoms with E-state index in [9.17, 15) is 4.79 Å². The van der Waals surface area contributed by atoms with Crippen LogP contribution < -0.4 is 11.5 Å². The van der Waals surface area contributed by atoms with Gasteiger partial charge in [0, 0.05) is 30.6 Å². The summed E-state index contributed by atoms with van der Waals surface area (Å²) < 4.78 is 5.73. The minimum Gasteiger partial charge on any atom is -0.498 e. The Hall–Kier alpha value is -3.80. The molecule has 6 heteroatoms. The van der Waals surface area contributed by atoms with E-state index < -0.39 is 0 Å². The zero-order valence-electron chi connectivity index (χ0n) is 22.6. The molecular formula is C31H40N4O2. The van der Waals surface area contributed by atoms with Gasteiger partial charge in [-0.25, -0.2) is 4.99 Å². The molecule has 3 rings (SSSR count). The van der Waals surface area contributed by atoms with Crippen molar-refractivity contribution in [2.24, 2.45) is 22.4 Å². The van der Waals surface area contributed by atoms with Crippen molar-refractivity contribution in [1.82, 2.24) is 4.90 Å². The van der Waals surface area contributed by atoms with Gasteiger partial charge in [0.25, 0.3) is 0 Å². The molecule has 2 aromatic carbocycles. The normalized spacial score (nSPS) is 13.4. The molecule has 1 aliphatic heterocycles. The Morgan fingerprint density at radius 2 is 1.89 bits per heavy atom. The van der Waals surface area contributed by atoms with Gasteiger partial charge in [-0.15, -0.1) is 0 Å². The summed E-state index contributed by atoms with van der Waals surface area (Å²) in [6, 6.07) is 14.7. The van der Waals surface area contributed by atoms with Crippen LogP contribution in [0.4, 0.5) is 5.69 Å². The van der Waals surface area contributed by atoms with Crippen LogP contribution >= 0.6 is 0 Å². The van der Waals surface area contributed by atoms with Crippen molar-refractivity contribution in [1.29, 1.82) is 0 Å². The Morgan fingerprint density at radius 1 is 1.19 bits per heavy atom. The molecule has 0 bridgehead atoms. The highest BCUT2D eigenvalue weighted by Crippen LogP contribution is 2.34. The van der Waals surface area contributed by atoms with Crippen molar-refractivity contribution >= 4 is 23.5 Å². The van der Waals surface area contributed by atoms with Gasteiger partial charge < -0.3 is 21.1 Å². The van der Waals surface area contributed by atoms with E-state index in [-0.39, 0.29) is 12.5 Å². The minimum atomic E-state index is -0.355. The van der Waals surface area contributed by atoms with Gasteiger partial charge in [0.05, 0.1) is 24.6 Å². The van der Waals surface area contributed by atoms with Crippen LogP contribution in [-0.4, -0.2) is 36.3 Å². The lowest BCUT2D eigenvalue weighted by Gasteiger charge is -2.27. The van der Waals surface area contributed by atoms with E-state index in [1.54, 1.807) is 0 Å². The average Bonchev–Trinajstić information content (AvgIpc) is 3.00. The maximum absolute atomic E-state index is 11.7. The van der Waals surface area contributed by atoms with E-state index in [0.717, 1.165) is 57.9 Å². The molecule has 1 aliphatic rings. The maximum Gasteiger partial charge on any atom is 0.236 e. The number of carbonyl (C=O) groups excluding carboxylic acids is 1. The van der Waals surface area contributed by atoms with Gasteiger partial charge >= 0.3 is 0 Å². The molecule has 0 aliphatic carbocycles. The molecule has 0 saturated carbocycles. The van der Waals surface area contributed by atoms with Crippen LogP contribution in [0.5, 0.6) is 0 Å². The third kappa shape index (κ3) is 7.84. The molecule has 0 spiro atoms. The Bertz CT molecular complexity index is 1210. The number of fused-ring (bicyclic) bond motifs is 1. The summed E-state index contributed by atoms with van der Waals surface area (Å²) in [5.74, 6) is 1.44. The molecule has 4 N–H and O–H groups in total. The molecule has 0 saturated heterocycles. The van der Waals surface area contributed by atoms with Crippen LogP contribution in [0.15, 0.2) is 77.1 Å². The number of nitrogens with zero attached hydrogens (tertiary/aromatic N) is 2. The predicted molar refractivity (Wildman–Crippen MR) is 154 cm³/mol. The second-order valence-electron chi connectivity index (χ2n) is 9.90. The van der Waals surface area contributed by atoms with Gasteiger partial charge in [-0.3, -0.25) is 4.79 Å². The van der Waals surface area contributed by atoms with Gasteiger partial charge in [-0.05, 0) is 53.7 Å². The third-order valence-electron chi connectivity index (χ3n) is 6.09. The van der Waals surface area contributed by atoms with Gasteiger partial charge in [0.2, 0.25) is 5.91 Å². The molecule has 37 heavy (non-hydrogen) atoms. The molecule has 0 atom stereocenters. The number of hydrogen-bond acceptors (Lipinski definition) is 5. The average molecular weight is 501 g/mol. The fourth-order valence-electron chi connectivity index (χ4n) is 4.43. The SMILES string of the molecule is C=C(Cc1ccc(-c2ccc3c(c2)N=C(N)CC(/C(=C\C)N(CCC)CC(N)=O)=C3)cc1)OCC(C)C. The Morgan fingerprint density at radius 3 is 2.51 bits per heavy atom. The Balaban J connectivity index is 1.85. The summed E-state index contributed by atoms with van der Waals surface area (Å²) in [5, 5.41) is 0. The zero-order valence-corrected chi connectivity index (χ0v) is 22.6. The number of primary amides is 1. The van der Waals surface area contributed by atoms with Crippen LogP contribution in [0.1, 0.15) is 51.7 Å². The first kappa shape index (κ1) is 27.8. The molecular weight excluding hydrogens is 460 g/mol. The summed E-state index contributed by atoms with van der Waals surface area (Å²) in [4.78, 5) is 18.4. The second-order valence-corrected chi connectivity index (χ2v) is 9.90. The lowest BCUT2D eigenvalue weighted by molar-refractivity contribution is -0.118. The van der Waals surface area contributed by atoms with Crippen molar-refractivity contribution < 1.29 is 9.53 Å². The van der Waals surface area contributed by atoms with E-state index >= 15 is 0 Å². The smallest absolute Gasteiger partial charge is 0.236 e. The number of hydrogen-bond donors (Lipinski definition) is 2. The summed E-state index contributed by atoms with van der Waals surface area (Å²) >= 11 is 0. The number of benzene rings is 2. The molecule has 2 aromatic rings. The van der Waals surface area contributed by atoms with Crippen LogP contribution in [0, 0.1) is 5.92 Å². The number of rotatable bonds is 12. The quantitative estimate of drug-likeness (QED) is 0.352. The second kappa shape index (κ2) is 12.9. The van der Waals surface area contributed by atoms with Crippen molar-refractivity contribution in [2.45, 2.75) is 47.0 Å². The van der Waals surface area contributed by atoms with E-state index in [0.29, 0.717) is 31.2 Å². The first-order chi connectivity index (χ1) is 17.7. The van der Waals surface area contributed by atoms with Crippen molar-refractivity contribution in [2.75, 3.05) is 19.7 Å². The highest BCUT2D eigenvalue weighted by molar-refractivity contribution is 5.92. The minimum absolute atomic E-state index is 0.168. The van der Waals surface area contributed by atoms with Crippen LogP contribution in [-0.2, 0) is 16.0 Å². The van der Waals surface area contributed by atoms with E-state index in [2.05, 4.69) is 75.9 Å². The highest BCUT2D eigenvalue weighted by atomic mass is 16.5. The van der Waals surface area contributed by atoms with E-state index in [1.807, 2.05) is 17.9 Å². The zero-order chi connectivity index (χ0) is 26.9. The molecule has 0 unspecified atom stereocenters. The Kier molecular flexibility index (Phi) is 9.72. The maximum atomic E-state index is 11.7. The van der Waals surface area contributed by atoms with Gasteiger partial charge in [-0.1, -0.05) is 69.8 Å². The Labute approximate surface area is 221 Å². The van der Waals surface area contributed by atoms with Crippen molar-refractivity contribution in [3.63, 3.8) is 0 Å². The van der Waals surface area contributed by atoms with Gasteiger partial charge in [-0.2, -0.15) is 0 Å². The number of carbonyl (C=O) groups is 1. The largest absolute Gasteiger partial charge is 0.498 e. The molecule has 0 aromatic heterocycles. The number of amides is 1. The third-order valence-corrected chi connectivity index (χ3v) is 6.09. The number of amidine groups is 1. The van der Waals surface area contributed by atoms with Crippen molar-refractivity contribution in [3.8, 4) is 11.1 Å². The van der Waals surface area contributed by atoms with Gasteiger partial charge in [0.15, 0.2) is 0 Å². The summed E-state index contributed by atoms with van der Waals surface area (Å²) in [6.45, 7) is 13.9. The first-order valence-electron chi connectivity index (χ1n) is 13.0. The predicted octanol–water partition coefficient (Wildman–Crippen LogP) is 5.96. The molecule has 1 heterocycles. The van der Waals surface area contributed by atoms with Crippen LogP contribution in [0.3, 0.4) is 0 Å². The molecule has 0 fully saturated rings. The molecule has 196 valence electrons. The van der Waals surface area contributed by atoms with E-state index in [1.165, 1.54) is 0 Å². The van der Waals surface area contributed by atoms with Gasteiger partial charge in [0.1, 0.15) is 5.84 Å². The lowest BCUT2D eigenvalue weighted by Crippen LogP contribution is -2.34. The molecule has 1 amide bonds. The number of allylic oxidation sites excluding steroid dienone is 3. The van der Waals surface area contributed by atoms with E-state index in [4.69, 9.17) is 21.2 Å². The monoisotopic (exact) mass is 500 g/mol. The standard InChI is InChI=1S/C31H40N4O2/c1-6-14-35(19-31(33)36)29(7-2)27-16-26-13-12-25(17-28(26)34-30(32)18-27)24-10-8-23(9-11-24)15-22(5)37-20-21(3)4/h7-13,16-17,21H,5-6,14-15,18-20H2,1-4H3,(H2,32,34)(H2,33,36)/b29-7+. The van der Waals surface area contributed by atoms with Crippen LogP contribution in [0.25, 0.3) is 17.2 Å².